The molecule has 23 heavy (non-hydrogen) atoms. The van der Waals surface area contributed by atoms with E-state index in [1.54, 1.807) is 10.8 Å². The molecular weight excluding hydrogens is 288 g/mol. The topological polar surface area (TPSA) is 68.0 Å². The number of hydrogen-bond donors (Lipinski definition) is 1. The first kappa shape index (κ1) is 14.1. The Morgan fingerprint density at radius 2 is 2.22 bits per heavy atom. The summed E-state index contributed by atoms with van der Waals surface area (Å²) in [6.45, 7) is 4.21. The summed E-state index contributed by atoms with van der Waals surface area (Å²) in [5.41, 5.74) is 5.07. The van der Waals surface area contributed by atoms with Crippen LogP contribution in [0.4, 0.5) is 5.69 Å². The van der Waals surface area contributed by atoms with Crippen LogP contribution in [0.2, 0.25) is 0 Å². The van der Waals surface area contributed by atoms with E-state index in [1.165, 1.54) is 18.4 Å². The largest absolute Gasteiger partial charge is 0.374 e. The SMILES string of the molecule is CCC(Nc1cc(C2CC2)nn2cnnc12)c1ccc(C)cn1. The smallest absolute Gasteiger partial charge is 0.200 e. The van der Waals surface area contributed by atoms with Crippen LogP contribution in [0.1, 0.15) is 55.1 Å². The van der Waals surface area contributed by atoms with E-state index in [0.29, 0.717) is 5.92 Å². The summed E-state index contributed by atoms with van der Waals surface area (Å²) in [5.74, 6) is 0.583. The molecule has 1 unspecified atom stereocenters. The molecule has 1 atom stereocenters. The molecule has 0 spiro atoms. The summed E-state index contributed by atoms with van der Waals surface area (Å²) in [5, 5.41) is 16.4. The second kappa shape index (κ2) is 5.61. The van der Waals surface area contributed by atoms with E-state index in [4.69, 9.17) is 0 Å². The maximum absolute atomic E-state index is 4.61. The van der Waals surface area contributed by atoms with Crippen molar-refractivity contribution in [3.8, 4) is 0 Å². The molecule has 1 aliphatic rings. The Morgan fingerprint density at radius 3 is 2.91 bits per heavy atom. The van der Waals surface area contributed by atoms with Crippen molar-refractivity contribution >= 4 is 11.3 Å². The van der Waals surface area contributed by atoms with Crippen molar-refractivity contribution in [2.45, 2.75) is 45.1 Å². The van der Waals surface area contributed by atoms with Crippen molar-refractivity contribution in [3.63, 3.8) is 0 Å². The van der Waals surface area contributed by atoms with E-state index < -0.39 is 0 Å². The zero-order valence-electron chi connectivity index (χ0n) is 13.4. The van der Waals surface area contributed by atoms with E-state index in [9.17, 15) is 0 Å². The molecular formula is C17H20N6. The third-order valence-electron chi connectivity index (χ3n) is 4.31. The van der Waals surface area contributed by atoms with E-state index >= 15 is 0 Å². The fourth-order valence-electron chi connectivity index (χ4n) is 2.79. The quantitative estimate of drug-likeness (QED) is 0.783. The predicted molar refractivity (Wildman–Crippen MR) is 88.4 cm³/mol. The highest BCUT2D eigenvalue weighted by Crippen LogP contribution is 2.40. The minimum Gasteiger partial charge on any atom is -0.374 e. The molecule has 0 saturated heterocycles. The zero-order chi connectivity index (χ0) is 15.8. The Balaban J connectivity index is 1.69. The molecule has 3 heterocycles. The fourth-order valence-corrected chi connectivity index (χ4v) is 2.79. The van der Waals surface area contributed by atoms with Crippen LogP contribution in [-0.4, -0.2) is 24.8 Å². The number of nitrogens with zero attached hydrogens (tertiary/aromatic N) is 5. The highest BCUT2D eigenvalue weighted by molar-refractivity contribution is 5.67. The van der Waals surface area contributed by atoms with Gasteiger partial charge in [0.05, 0.1) is 23.1 Å². The number of nitrogens with one attached hydrogen (secondary N) is 1. The predicted octanol–water partition coefficient (Wildman–Crippen LogP) is 3.27. The number of pyridine rings is 1. The molecule has 6 nitrogen and oxygen atoms in total. The van der Waals surface area contributed by atoms with Gasteiger partial charge in [-0.3, -0.25) is 4.98 Å². The standard InChI is InChI=1S/C17H20N6/c1-3-13(14-7-4-11(2)9-18-14)20-16-8-15(12-5-6-12)22-23-10-19-21-17(16)23/h4,7-10,12-13,20H,3,5-6H2,1-2H3. The van der Waals surface area contributed by atoms with Crippen LogP contribution in [0.25, 0.3) is 5.65 Å². The van der Waals surface area contributed by atoms with Gasteiger partial charge in [-0.15, -0.1) is 10.2 Å². The maximum atomic E-state index is 4.61. The summed E-state index contributed by atoms with van der Waals surface area (Å²) >= 11 is 0. The normalized spacial score (nSPS) is 15.7. The second-order valence-corrected chi connectivity index (χ2v) is 6.22. The Bertz CT molecular complexity index is 819. The molecule has 0 amide bonds. The molecule has 1 aliphatic carbocycles. The van der Waals surface area contributed by atoms with Crippen molar-refractivity contribution in [3.05, 3.63) is 47.7 Å². The lowest BCUT2D eigenvalue weighted by atomic mass is 10.1. The van der Waals surface area contributed by atoms with Gasteiger partial charge in [0.2, 0.25) is 5.65 Å². The number of hydrogen-bond acceptors (Lipinski definition) is 5. The van der Waals surface area contributed by atoms with Crippen molar-refractivity contribution < 1.29 is 0 Å². The Labute approximate surface area is 135 Å². The minimum atomic E-state index is 0.144. The van der Waals surface area contributed by atoms with Crippen molar-refractivity contribution in [1.82, 2.24) is 24.8 Å². The highest BCUT2D eigenvalue weighted by Gasteiger charge is 2.27. The molecule has 3 aromatic heterocycles. The Morgan fingerprint density at radius 1 is 1.35 bits per heavy atom. The monoisotopic (exact) mass is 308 g/mol. The lowest BCUT2D eigenvalue weighted by Gasteiger charge is -2.18. The fraction of sp³-hybridized carbons (Fsp3) is 0.412. The van der Waals surface area contributed by atoms with Crippen molar-refractivity contribution in [1.29, 1.82) is 0 Å². The minimum absolute atomic E-state index is 0.144. The summed E-state index contributed by atoms with van der Waals surface area (Å²) in [6.07, 6.45) is 6.96. The molecule has 1 saturated carbocycles. The molecule has 0 radical (unpaired) electrons. The lowest BCUT2D eigenvalue weighted by Crippen LogP contribution is -2.13. The van der Waals surface area contributed by atoms with Gasteiger partial charge in [-0.1, -0.05) is 13.0 Å². The summed E-state index contributed by atoms with van der Waals surface area (Å²) in [4.78, 5) is 4.56. The van der Waals surface area contributed by atoms with Crippen LogP contribution in [0.5, 0.6) is 0 Å². The number of fused-ring (bicyclic) bond motifs is 1. The molecule has 0 aliphatic heterocycles. The third-order valence-corrected chi connectivity index (χ3v) is 4.31. The van der Waals surface area contributed by atoms with Gasteiger partial charge in [-0.2, -0.15) is 9.61 Å². The van der Waals surface area contributed by atoms with E-state index in [2.05, 4.69) is 57.6 Å². The molecule has 3 aromatic rings. The summed E-state index contributed by atoms with van der Waals surface area (Å²) in [7, 11) is 0. The van der Waals surface area contributed by atoms with Gasteiger partial charge in [-0.05, 0) is 43.9 Å². The van der Waals surface area contributed by atoms with Gasteiger partial charge in [0, 0.05) is 12.1 Å². The molecule has 0 bridgehead atoms. The molecule has 1 N–H and O–H groups in total. The maximum Gasteiger partial charge on any atom is 0.200 e. The summed E-state index contributed by atoms with van der Waals surface area (Å²) < 4.78 is 1.77. The third kappa shape index (κ3) is 2.76. The van der Waals surface area contributed by atoms with Gasteiger partial charge in [0.1, 0.15) is 6.33 Å². The highest BCUT2D eigenvalue weighted by atomic mass is 15.3. The number of anilines is 1. The van der Waals surface area contributed by atoms with Crippen LogP contribution < -0.4 is 5.32 Å². The Hall–Kier alpha value is -2.50. The first-order valence-corrected chi connectivity index (χ1v) is 8.14. The molecule has 118 valence electrons. The van der Waals surface area contributed by atoms with Crippen LogP contribution in [-0.2, 0) is 0 Å². The zero-order valence-corrected chi connectivity index (χ0v) is 13.4. The van der Waals surface area contributed by atoms with Crippen LogP contribution >= 0.6 is 0 Å². The molecule has 0 aromatic carbocycles. The van der Waals surface area contributed by atoms with Gasteiger partial charge >= 0.3 is 0 Å². The number of rotatable bonds is 5. The first-order chi connectivity index (χ1) is 11.2. The van der Waals surface area contributed by atoms with Gasteiger partial charge < -0.3 is 5.32 Å². The molecule has 4 rings (SSSR count). The molecule has 1 fully saturated rings. The lowest BCUT2D eigenvalue weighted by molar-refractivity contribution is 0.720. The number of aromatic nitrogens is 5. The van der Waals surface area contributed by atoms with Gasteiger partial charge in [0.15, 0.2) is 0 Å². The van der Waals surface area contributed by atoms with Gasteiger partial charge in [0.25, 0.3) is 0 Å². The average molecular weight is 308 g/mol. The summed E-state index contributed by atoms with van der Waals surface area (Å²) in [6, 6.07) is 6.45. The van der Waals surface area contributed by atoms with E-state index in [-0.39, 0.29) is 6.04 Å². The van der Waals surface area contributed by atoms with E-state index in [0.717, 1.165) is 29.1 Å². The van der Waals surface area contributed by atoms with Crippen molar-refractivity contribution in [2.24, 2.45) is 0 Å². The van der Waals surface area contributed by atoms with Crippen molar-refractivity contribution in [2.75, 3.05) is 5.32 Å². The average Bonchev–Trinajstić information content (AvgIpc) is 3.31. The second-order valence-electron chi connectivity index (χ2n) is 6.22. The van der Waals surface area contributed by atoms with Crippen LogP contribution in [0.15, 0.2) is 30.7 Å². The first-order valence-electron chi connectivity index (χ1n) is 8.14. The Kier molecular flexibility index (Phi) is 3.44. The van der Waals surface area contributed by atoms with Gasteiger partial charge in [-0.25, -0.2) is 0 Å². The van der Waals surface area contributed by atoms with E-state index in [1.807, 2.05) is 6.20 Å². The van der Waals surface area contributed by atoms with Crippen LogP contribution in [0.3, 0.4) is 0 Å². The van der Waals surface area contributed by atoms with Crippen LogP contribution in [0, 0.1) is 6.92 Å². The molecule has 6 heteroatoms. The number of aryl methyl sites for hydroxylation is 1.